The van der Waals surface area contributed by atoms with Crippen LogP contribution in [0.3, 0.4) is 0 Å². The summed E-state index contributed by atoms with van der Waals surface area (Å²) < 4.78 is 5.26. The van der Waals surface area contributed by atoms with Crippen molar-refractivity contribution in [2.75, 3.05) is 24.4 Å². The molecular formula is C14H18ClNO. The van der Waals surface area contributed by atoms with Gasteiger partial charge in [0.05, 0.1) is 7.11 Å². The zero-order valence-electron chi connectivity index (χ0n) is 10.5. The highest BCUT2D eigenvalue weighted by molar-refractivity contribution is 6.20. The topological polar surface area (TPSA) is 12.5 Å². The average Bonchev–Trinajstić information content (AvgIpc) is 2.36. The van der Waals surface area contributed by atoms with E-state index in [2.05, 4.69) is 37.0 Å². The average molecular weight is 252 g/mol. The zero-order valence-corrected chi connectivity index (χ0v) is 11.3. The molecule has 0 saturated heterocycles. The molecule has 2 nitrogen and oxygen atoms in total. The molecule has 0 unspecified atom stereocenters. The van der Waals surface area contributed by atoms with Gasteiger partial charge in [0.25, 0.3) is 0 Å². The lowest BCUT2D eigenvalue weighted by Gasteiger charge is -2.34. The Morgan fingerprint density at radius 3 is 2.76 bits per heavy atom. The summed E-state index contributed by atoms with van der Waals surface area (Å²) in [6, 6.07) is 6.66. The Bertz CT molecular complexity index is 440. The molecule has 0 amide bonds. The molecule has 1 aromatic carbocycles. The zero-order chi connectivity index (χ0) is 12.4. The maximum Gasteiger partial charge on any atom is 0.119 e. The third-order valence-corrected chi connectivity index (χ3v) is 3.42. The molecule has 3 heteroatoms. The quantitative estimate of drug-likeness (QED) is 0.762. The molecule has 2 rings (SSSR count). The standard InChI is InChI=1S/C14H18ClNO/c1-10(2)16-9-11(8-15)6-12-7-13(17-3)4-5-14(12)16/h4-7,10H,8-9H2,1-3H3. The number of ether oxygens (including phenoxy) is 1. The van der Waals surface area contributed by atoms with Gasteiger partial charge in [-0.2, -0.15) is 0 Å². The molecule has 1 aromatic rings. The second-order valence-corrected chi connectivity index (χ2v) is 4.85. The van der Waals surface area contributed by atoms with Gasteiger partial charge < -0.3 is 9.64 Å². The first-order chi connectivity index (χ1) is 8.15. The summed E-state index contributed by atoms with van der Waals surface area (Å²) in [6.07, 6.45) is 2.17. The van der Waals surface area contributed by atoms with Crippen LogP contribution in [0.25, 0.3) is 6.08 Å². The lowest BCUT2D eigenvalue weighted by atomic mass is 10.0. The molecule has 0 N–H and O–H groups in total. The van der Waals surface area contributed by atoms with Gasteiger partial charge in [-0.05, 0) is 37.6 Å². The van der Waals surface area contributed by atoms with Crippen LogP contribution in [0.2, 0.25) is 0 Å². The summed E-state index contributed by atoms with van der Waals surface area (Å²) >= 11 is 5.96. The van der Waals surface area contributed by atoms with Gasteiger partial charge in [-0.1, -0.05) is 6.08 Å². The molecule has 0 saturated carbocycles. The van der Waals surface area contributed by atoms with Crippen LogP contribution in [0.5, 0.6) is 5.75 Å². The summed E-state index contributed by atoms with van der Waals surface area (Å²) in [5, 5.41) is 0. The number of fused-ring (bicyclic) bond motifs is 1. The number of hydrogen-bond donors (Lipinski definition) is 0. The van der Waals surface area contributed by atoms with Gasteiger partial charge in [0.2, 0.25) is 0 Å². The lowest BCUT2D eigenvalue weighted by Crippen LogP contribution is -2.35. The first-order valence-electron chi connectivity index (χ1n) is 5.85. The Labute approximate surface area is 108 Å². The fourth-order valence-electron chi connectivity index (χ4n) is 2.15. The Hall–Kier alpha value is -1.15. The Balaban J connectivity index is 2.47. The molecule has 1 heterocycles. The molecule has 0 aromatic heterocycles. The summed E-state index contributed by atoms with van der Waals surface area (Å²) in [5.41, 5.74) is 3.70. The van der Waals surface area contributed by atoms with E-state index in [-0.39, 0.29) is 0 Å². The van der Waals surface area contributed by atoms with E-state index in [1.807, 2.05) is 6.07 Å². The van der Waals surface area contributed by atoms with Crippen LogP contribution in [-0.2, 0) is 0 Å². The minimum Gasteiger partial charge on any atom is -0.497 e. The molecule has 1 aliphatic heterocycles. The van der Waals surface area contributed by atoms with Gasteiger partial charge in [0.1, 0.15) is 5.75 Å². The van der Waals surface area contributed by atoms with Gasteiger partial charge in [-0.15, -0.1) is 11.6 Å². The minimum atomic E-state index is 0.467. The second-order valence-electron chi connectivity index (χ2n) is 4.58. The fourth-order valence-corrected chi connectivity index (χ4v) is 2.31. The van der Waals surface area contributed by atoms with Gasteiger partial charge >= 0.3 is 0 Å². The summed E-state index contributed by atoms with van der Waals surface area (Å²) in [6.45, 7) is 5.32. The molecule has 0 radical (unpaired) electrons. The van der Waals surface area contributed by atoms with Gasteiger partial charge in [-0.3, -0.25) is 0 Å². The van der Waals surface area contributed by atoms with Crippen LogP contribution in [0, 0.1) is 0 Å². The first-order valence-corrected chi connectivity index (χ1v) is 6.39. The van der Waals surface area contributed by atoms with E-state index < -0.39 is 0 Å². The molecule has 0 aliphatic carbocycles. The fraction of sp³-hybridized carbons (Fsp3) is 0.429. The first kappa shape index (κ1) is 12.3. The van der Waals surface area contributed by atoms with E-state index in [4.69, 9.17) is 16.3 Å². The maximum absolute atomic E-state index is 5.96. The highest BCUT2D eigenvalue weighted by Crippen LogP contribution is 2.33. The summed E-state index contributed by atoms with van der Waals surface area (Å²) in [5.74, 6) is 1.47. The van der Waals surface area contributed by atoms with Crippen molar-refractivity contribution in [3.63, 3.8) is 0 Å². The van der Waals surface area contributed by atoms with Gasteiger partial charge in [-0.25, -0.2) is 0 Å². The van der Waals surface area contributed by atoms with Gasteiger partial charge in [0.15, 0.2) is 0 Å². The van der Waals surface area contributed by atoms with Crippen molar-refractivity contribution in [2.24, 2.45) is 0 Å². The highest BCUT2D eigenvalue weighted by atomic mass is 35.5. The van der Waals surface area contributed by atoms with Crippen molar-refractivity contribution in [2.45, 2.75) is 19.9 Å². The monoisotopic (exact) mass is 251 g/mol. The van der Waals surface area contributed by atoms with E-state index in [1.165, 1.54) is 16.8 Å². The predicted molar refractivity (Wildman–Crippen MR) is 74.2 cm³/mol. The van der Waals surface area contributed by atoms with Crippen LogP contribution < -0.4 is 9.64 Å². The number of anilines is 1. The van der Waals surface area contributed by atoms with Crippen LogP contribution in [0.4, 0.5) is 5.69 Å². The summed E-state index contributed by atoms with van der Waals surface area (Å²) in [7, 11) is 1.69. The molecule has 0 bridgehead atoms. The smallest absolute Gasteiger partial charge is 0.119 e. The second kappa shape index (κ2) is 5.01. The Morgan fingerprint density at radius 2 is 2.18 bits per heavy atom. The SMILES string of the molecule is COc1ccc2c(c1)C=C(CCl)CN2C(C)C. The van der Waals surface area contributed by atoms with E-state index in [0.29, 0.717) is 11.9 Å². The largest absolute Gasteiger partial charge is 0.497 e. The number of halogens is 1. The minimum absolute atomic E-state index is 0.467. The molecular weight excluding hydrogens is 234 g/mol. The highest BCUT2D eigenvalue weighted by Gasteiger charge is 2.20. The van der Waals surface area contributed by atoms with Crippen LogP contribution in [-0.4, -0.2) is 25.6 Å². The number of nitrogens with zero attached hydrogens (tertiary/aromatic N) is 1. The number of hydrogen-bond acceptors (Lipinski definition) is 2. The lowest BCUT2D eigenvalue weighted by molar-refractivity contribution is 0.414. The number of rotatable bonds is 3. The van der Waals surface area contributed by atoms with Crippen LogP contribution >= 0.6 is 11.6 Å². The van der Waals surface area contributed by atoms with E-state index >= 15 is 0 Å². The van der Waals surface area contributed by atoms with Gasteiger partial charge in [0, 0.05) is 29.7 Å². The van der Waals surface area contributed by atoms with E-state index in [9.17, 15) is 0 Å². The van der Waals surface area contributed by atoms with Crippen LogP contribution in [0.1, 0.15) is 19.4 Å². The van der Waals surface area contributed by atoms with Crippen molar-refractivity contribution in [3.8, 4) is 5.75 Å². The summed E-state index contributed by atoms with van der Waals surface area (Å²) in [4.78, 5) is 2.37. The molecule has 17 heavy (non-hydrogen) atoms. The van der Waals surface area contributed by atoms with E-state index in [1.54, 1.807) is 7.11 Å². The normalized spacial score (nSPS) is 14.6. The van der Waals surface area contributed by atoms with Crippen molar-refractivity contribution < 1.29 is 4.74 Å². The van der Waals surface area contributed by atoms with Crippen molar-refractivity contribution in [3.05, 3.63) is 29.3 Å². The Kier molecular flexibility index (Phi) is 3.63. The van der Waals surface area contributed by atoms with Crippen molar-refractivity contribution >= 4 is 23.4 Å². The van der Waals surface area contributed by atoms with Crippen molar-refractivity contribution in [1.29, 1.82) is 0 Å². The molecule has 0 fully saturated rings. The Morgan fingerprint density at radius 1 is 1.41 bits per heavy atom. The molecule has 0 spiro atoms. The predicted octanol–water partition coefficient (Wildman–Crippen LogP) is 3.55. The molecule has 1 aliphatic rings. The number of benzene rings is 1. The number of alkyl halides is 1. The third-order valence-electron chi connectivity index (χ3n) is 3.07. The third kappa shape index (κ3) is 2.42. The van der Waals surface area contributed by atoms with E-state index in [0.717, 1.165) is 12.3 Å². The van der Waals surface area contributed by atoms with Crippen LogP contribution in [0.15, 0.2) is 23.8 Å². The number of methoxy groups -OCH3 is 1. The molecule has 0 atom stereocenters. The maximum atomic E-state index is 5.96. The molecule has 92 valence electrons. The van der Waals surface area contributed by atoms with Crippen molar-refractivity contribution in [1.82, 2.24) is 0 Å².